The van der Waals surface area contributed by atoms with E-state index in [1.54, 1.807) is 0 Å². The predicted molar refractivity (Wildman–Crippen MR) is 63.9 cm³/mol. The monoisotopic (exact) mass is 242 g/mol. The molecular formula is C13H22O4. The van der Waals surface area contributed by atoms with Crippen LogP contribution in [0.25, 0.3) is 0 Å². The Kier molecular flexibility index (Phi) is 5.45. The van der Waals surface area contributed by atoms with E-state index in [1.807, 2.05) is 0 Å². The van der Waals surface area contributed by atoms with Crippen LogP contribution in [0.15, 0.2) is 0 Å². The number of carbonyl (C=O) groups is 2. The second kappa shape index (κ2) is 6.62. The summed E-state index contributed by atoms with van der Waals surface area (Å²) >= 11 is 0. The van der Waals surface area contributed by atoms with Gasteiger partial charge in [-0.1, -0.05) is 32.1 Å². The minimum atomic E-state index is -0.747. The van der Waals surface area contributed by atoms with Gasteiger partial charge in [-0.3, -0.25) is 9.59 Å². The lowest BCUT2D eigenvalue weighted by Crippen LogP contribution is -2.27. The summed E-state index contributed by atoms with van der Waals surface area (Å²) in [4.78, 5) is 21.6. The standard InChI is InChI=1S/C13H22O4/c14-11(15)7-3-1-2-4-8-13(12(16)17)9-5-6-10-13/h1-10H2,(H,14,15)(H,16,17). The summed E-state index contributed by atoms with van der Waals surface area (Å²) in [5.74, 6) is -1.39. The van der Waals surface area contributed by atoms with Gasteiger partial charge in [0.05, 0.1) is 5.41 Å². The molecule has 1 aliphatic rings. The van der Waals surface area contributed by atoms with E-state index in [0.717, 1.165) is 51.4 Å². The molecule has 1 aliphatic carbocycles. The van der Waals surface area contributed by atoms with Crippen molar-refractivity contribution in [2.24, 2.45) is 5.41 Å². The van der Waals surface area contributed by atoms with Crippen molar-refractivity contribution in [1.29, 1.82) is 0 Å². The number of carboxylic acids is 2. The molecular weight excluding hydrogens is 220 g/mol. The van der Waals surface area contributed by atoms with Gasteiger partial charge in [-0.15, -0.1) is 0 Å². The number of hydrogen-bond donors (Lipinski definition) is 2. The van der Waals surface area contributed by atoms with Gasteiger partial charge in [0.25, 0.3) is 0 Å². The zero-order valence-electron chi connectivity index (χ0n) is 10.3. The summed E-state index contributed by atoms with van der Waals surface area (Å²) < 4.78 is 0. The lowest BCUT2D eigenvalue weighted by atomic mass is 9.81. The van der Waals surface area contributed by atoms with Gasteiger partial charge in [-0.05, 0) is 25.7 Å². The second-order valence-electron chi connectivity index (χ2n) is 5.10. The van der Waals surface area contributed by atoms with Crippen molar-refractivity contribution in [3.8, 4) is 0 Å². The van der Waals surface area contributed by atoms with Crippen LogP contribution >= 0.6 is 0 Å². The molecule has 0 aromatic carbocycles. The lowest BCUT2D eigenvalue weighted by Gasteiger charge is -2.23. The predicted octanol–water partition coefficient (Wildman–Crippen LogP) is 3.06. The van der Waals surface area contributed by atoms with E-state index in [9.17, 15) is 14.7 Å². The minimum absolute atomic E-state index is 0.226. The SMILES string of the molecule is O=C(O)CCCCCCC1(C(=O)O)CCCC1. The maximum atomic E-state index is 11.3. The molecule has 0 unspecified atom stereocenters. The molecule has 0 aromatic heterocycles. The third-order valence-corrected chi connectivity index (χ3v) is 3.81. The molecule has 2 N–H and O–H groups in total. The first-order valence-electron chi connectivity index (χ1n) is 6.52. The van der Waals surface area contributed by atoms with Crippen LogP contribution in [0.3, 0.4) is 0 Å². The number of rotatable bonds is 8. The van der Waals surface area contributed by atoms with Crippen molar-refractivity contribution in [2.45, 2.75) is 64.2 Å². The fourth-order valence-corrected chi connectivity index (χ4v) is 2.72. The minimum Gasteiger partial charge on any atom is -0.481 e. The summed E-state index contributed by atoms with van der Waals surface area (Å²) in [5, 5.41) is 17.7. The zero-order chi connectivity index (χ0) is 12.7. The van der Waals surface area contributed by atoms with Gasteiger partial charge in [0.1, 0.15) is 0 Å². The van der Waals surface area contributed by atoms with Gasteiger partial charge in [0, 0.05) is 6.42 Å². The third kappa shape index (κ3) is 4.36. The largest absolute Gasteiger partial charge is 0.481 e. The zero-order valence-corrected chi connectivity index (χ0v) is 10.3. The Morgan fingerprint density at radius 1 is 0.941 bits per heavy atom. The van der Waals surface area contributed by atoms with E-state index in [-0.39, 0.29) is 6.42 Å². The molecule has 0 bridgehead atoms. The molecule has 0 saturated heterocycles. The molecule has 0 radical (unpaired) electrons. The molecule has 1 fully saturated rings. The van der Waals surface area contributed by atoms with Crippen molar-refractivity contribution in [1.82, 2.24) is 0 Å². The Balaban J connectivity index is 2.16. The third-order valence-electron chi connectivity index (χ3n) is 3.81. The van der Waals surface area contributed by atoms with Crippen LogP contribution in [0, 0.1) is 5.41 Å². The molecule has 98 valence electrons. The fraction of sp³-hybridized carbons (Fsp3) is 0.846. The topological polar surface area (TPSA) is 74.6 Å². The first-order chi connectivity index (χ1) is 8.07. The first-order valence-corrected chi connectivity index (χ1v) is 6.52. The number of carboxylic acid groups (broad SMARTS) is 2. The molecule has 0 amide bonds. The molecule has 0 atom stereocenters. The Bertz CT molecular complexity index is 267. The molecule has 1 rings (SSSR count). The summed E-state index contributed by atoms with van der Waals surface area (Å²) in [6.07, 6.45) is 8.14. The maximum Gasteiger partial charge on any atom is 0.309 e. The molecule has 0 aromatic rings. The molecule has 4 nitrogen and oxygen atoms in total. The average molecular weight is 242 g/mol. The Hall–Kier alpha value is -1.06. The highest BCUT2D eigenvalue weighted by Crippen LogP contribution is 2.42. The second-order valence-corrected chi connectivity index (χ2v) is 5.10. The molecule has 0 aliphatic heterocycles. The van der Waals surface area contributed by atoms with Gasteiger partial charge in [-0.25, -0.2) is 0 Å². The van der Waals surface area contributed by atoms with Crippen molar-refractivity contribution >= 4 is 11.9 Å². The molecule has 4 heteroatoms. The van der Waals surface area contributed by atoms with E-state index in [1.165, 1.54) is 0 Å². The van der Waals surface area contributed by atoms with E-state index in [0.29, 0.717) is 6.42 Å². The molecule has 1 saturated carbocycles. The molecule has 17 heavy (non-hydrogen) atoms. The quantitative estimate of drug-likeness (QED) is 0.641. The van der Waals surface area contributed by atoms with Crippen LogP contribution in [0.5, 0.6) is 0 Å². The van der Waals surface area contributed by atoms with E-state index in [2.05, 4.69) is 0 Å². The molecule has 0 spiro atoms. The maximum absolute atomic E-state index is 11.3. The number of hydrogen-bond acceptors (Lipinski definition) is 2. The van der Waals surface area contributed by atoms with Gasteiger partial charge in [0.2, 0.25) is 0 Å². The molecule has 0 heterocycles. The highest BCUT2D eigenvalue weighted by atomic mass is 16.4. The van der Waals surface area contributed by atoms with E-state index >= 15 is 0 Å². The Labute approximate surface area is 102 Å². The van der Waals surface area contributed by atoms with Crippen LogP contribution < -0.4 is 0 Å². The van der Waals surface area contributed by atoms with Crippen molar-refractivity contribution in [3.05, 3.63) is 0 Å². The fourth-order valence-electron chi connectivity index (χ4n) is 2.72. The number of unbranched alkanes of at least 4 members (excludes halogenated alkanes) is 3. The van der Waals surface area contributed by atoms with Gasteiger partial charge in [-0.2, -0.15) is 0 Å². The number of aliphatic carboxylic acids is 2. The van der Waals surface area contributed by atoms with Gasteiger partial charge in [0.15, 0.2) is 0 Å². The van der Waals surface area contributed by atoms with Crippen molar-refractivity contribution in [2.75, 3.05) is 0 Å². The van der Waals surface area contributed by atoms with Crippen molar-refractivity contribution in [3.63, 3.8) is 0 Å². The van der Waals surface area contributed by atoms with Crippen LogP contribution in [-0.4, -0.2) is 22.2 Å². The Morgan fingerprint density at radius 3 is 2.06 bits per heavy atom. The Morgan fingerprint density at radius 2 is 1.53 bits per heavy atom. The smallest absolute Gasteiger partial charge is 0.309 e. The van der Waals surface area contributed by atoms with Gasteiger partial charge < -0.3 is 10.2 Å². The van der Waals surface area contributed by atoms with Gasteiger partial charge >= 0.3 is 11.9 Å². The van der Waals surface area contributed by atoms with Crippen molar-refractivity contribution < 1.29 is 19.8 Å². The average Bonchev–Trinajstić information content (AvgIpc) is 2.72. The summed E-state index contributed by atoms with van der Waals surface area (Å²) in [6, 6.07) is 0. The van der Waals surface area contributed by atoms with Crippen LogP contribution in [-0.2, 0) is 9.59 Å². The highest BCUT2D eigenvalue weighted by molar-refractivity contribution is 5.74. The normalized spacial score (nSPS) is 18.1. The lowest BCUT2D eigenvalue weighted by molar-refractivity contribution is -0.149. The van der Waals surface area contributed by atoms with Crippen LogP contribution in [0.1, 0.15) is 64.2 Å². The summed E-state index contributed by atoms with van der Waals surface area (Å²) in [6.45, 7) is 0. The van der Waals surface area contributed by atoms with E-state index < -0.39 is 17.4 Å². The summed E-state index contributed by atoms with van der Waals surface area (Å²) in [5.41, 5.74) is -0.465. The van der Waals surface area contributed by atoms with E-state index in [4.69, 9.17) is 5.11 Å². The summed E-state index contributed by atoms with van der Waals surface area (Å²) in [7, 11) is 0. The van der Waals surface area contributed by atoms with Crippen LogP contribution in [0.4, 0.5) is 0 Å². The van der Waals surface area contributed by atoms with Crippen LogP contribution in [0.2, 0.25) is 0 Å². The first kappa shape index (κ1) is 14.0. The highest BCUT2D eigenvalue weighted by Gasteiger charge is 2.40.